The summed E-state index contributed by atoms with van der Waals surface area (Å²) in [4.78, 5) is 5.85. The number of thiazole rings is 1. The van der Waals surface area contributed by atoms with E-state index in [-0.39, 0.29) is 11.0 Å². The van der Waals surface area contributed by atoms with Gasteiger partial charge < -0.3 is 15.8 Å². The topological polar surface area (TPSA) is 60.2 Å². The molecule has 0 radical (unpaired) electrons. The van der Waals surface area contributed by atoms with Gasteiger partial charge in [-0.25, -0.2) is 4.98 Å². The van der Waals surface area contributed by atoms with E-state index < -0.39 is 0 Å². The Morgan fingerprint density at radius 1 is 1.48 bits per heavy atom. The first-order valence-corrected chi connectivity index (χ1v) is 8.67. The number of ether oxygens (including phenoxy) is 1. The molecule has 1 aromatic heterocycles. The van der Waals surface area contributed by atoms with Gasteiger partial charge in [0.2, 0.25) is 0 Å². The lowest BCUT2D eigenvalue weighted by molar-refractivity contribution is -0.154. The summed E-state index contributed by atoms with van der Waals surface area (Å²) in [5.41, 5.74) is 7.79. The molecular weight excluding hydrogens is 282 g/mol. The van der Waals surface area contributed by atoms with Gasteiger partial charge >= 0.3 is 0 Å². The second-order valence-electron chi connectivity index (χ2n) is 7.23. The van der Waals surface area contributed by atoms with E-state index in [1.807, 2.05) is 0 Å². The number of hydrogen-bond acceptors (Lipinski definition) is 5. The van der Waals surface area contributed by atoms with Gasteiger partial charge in [0.15, 0.2) is 0 Å². The molecule has 21 heavy (non-hydrogen) atoms. The first kappa shape index (κ1) is 15.4. The molecule has 3 rings (SSSR count). The van der Waals surface area contributed by atoms with E-state index in [0.29, 0.717) is 18.1 Å². The number of rotatable bonds is 4. The van der Waals surface area contributed by atoms with Crippen molar-refractivity contribution in [3.63, 3.8) is 0 Å². The lowest BCUT2D eigenvalue weighted by Gasteiger charge is -2.62. The van der Waals surface area contributed by atoms with Crippen molar-refractivity contribution in [3.8, 4) is 0 Å². The predicted octanol–water partition coefficient (Wildman–Crippen LogP) is 2.55. The summed E-state index contributed by atoms with van der Waals surface area (Å²) in [6, 6.07) is 0.300. The number of aryl methyl sites for hydroxylation is 2. The molecule has 1 aromatic rings. The standard InChI is InChI=1S/C16H27N3OS/c1-9(13-10(2)19-11(3)21-13)18-8-16(17)12-6-7-20-14(12)15(16,4)5/h9,12,14,18H,6-8,17H2,1-5H3. The molecule has 0 amide bonds. The quantitative estimate of drug-likeness (QED) is 0.897. The zero-order valence-corrected chi connectivity index (χ0v) is 14.5. The highest BCUT2D eigenvalue weighted by Gasteiger charge is 2.67. The largest absolute Gasteiger partial charge is 0.377 e. The number of nitrogens with two attached hydrogens (primary N) is 1. The minimum atomic E-state index is -0.171. The lowest BCUT2D eigenvalue weighted by Crippen LogP contribution is -2.78. The molecule has 0 spiro atoms. The van der Waals surface area contributed by atoms with Crippen LogP contribution >= 0.6 is 11.3 Å². The van der Waals surface area contributed by atoms with Crippen molar-refractivity contribution in [2.45, 2.75) is 58.7 Å². The number of nitrogens with one attached hydrogen (secondary N) is 1. The Bertz CT molecular complexity index is 542. The number of hydrogen-bond donors (Lipinski definition) is 2. The molecule has 1 saturated heterocycles. The van der Waals surface area contributed by atoms with Crippen LogP contribution in [0.4, 0.5) is 0 Å². The fourth-order valence-corrected chi connectivity index (χ4v) is 5.15. The molecule has 1 aliphatic carbocycles. The van der Waals surface area contributed by atoms with Gasteiger partial charge in [-0.2, -0.15) is 0 Å². The molecule has 2 heterocycles. The normalized spacial score (nSPS) is 35.3. The van der Waals surface area contributed by atoms with E-state index in [1.165, 1.54) is 4.88 Å². The SMILES string of the molecule is Cc1nc(C)c(C(C)NCC2(N)C3CCOC3C2(C)C)s1. The molecule has 4 nitrogen and oxygen atoms in total. The summed E-state index contributed by atoms with van der Waals surface area (Å²) in [5, 5.41) is 4.78. The summed E-state index contributed by atoms with van der Waals surface area (Å²) in [6.07, 6.45) is 1.44. The molecule has 0 bridgehead atoms. The molecule has 3 N–H and O–H groups in total. The van der Waals surface area contributed by atoms with E-state index in [9.17, 15) is 0 Å². The van der Waals surface area contributed by atoms with Crippen LogP contribution in [0.5, 0.6) is 0 Å². The fraction of sp³-hybridized carbons (Fsp3) is 0.812. The van der Waals surface area contributed by atoms with Crippen LogP contribution in [0.1, 0.15) is 48.8 Å². The third-order valence-corrected chi connectivity index (χ3v) is 6.95. The summed E-state index contributed by atoms with van der Waals surface area (Å²) >= 11 is 1.78. The summed E-state index contributed by atoms with van der Waals surface area (Å²) in [5.74, 6) is 0.497. The fourth-order valence-electron chi connectivity index (χ4n) is 4.20. The van der Waals surface area contributed by atoms with Crippen molar-refractivity contribution in [1.82, 2.24) is 10.3 Å². The molecule has 5 heteroatoms. The minimum Gasteiger partial charge on any atom is -0.377 e. The van der Waals surface area contributed by atoms with Crippen molar-refractivity contribution >= 4 is 11.3 Å². The van der Waals surface area contributed by atoms with Gasteiger partial charge in [-0.3, -0.25) is 0 Å². The van der Waals surface area contributed by atoms with Crippen LogP contribution in [0.15, 0.2) is 0 Å². The molecule has 0 aromatic carbocycles. The number of fused-ring (bicyclic) bond motifs is 1. The second kappa shape index (κ2) is 5.01. The van der Waals surface area contributed by atoms with Crippen LogP contribution < -0.4 is 11.1 Å². The minimum absolute atomic E-state index is 0.0412. The highest BCUT2D eigenvalue weighted by Crippen LogP contribution is 2.57. The zero-order chi connectivity index (χ0) is 15.4. The summed E-state index contributed by atoms with van der Waals surface area (Å²) < 4.78 is 5.86. The summed E-state index contributed by atoms with van der Waals surface area (Å²) in [7, 11) is 0. The third kappa shape index (κ3) is 2.17. The van der Waals surface area contributed by atoms with Gasteiger partial charge in [-0.1, -0.05) is 13.8 Å². The van der Waals surface area contributed by atoms with Crippen LogP contribution in [0.3, 0.4) is 0 Å². The van der Waals surface area contributed by atoms with E-state index >= 15 is 0 Å². The van der Waals surface area contributed by atoms with Gasteiger partial charge in [0.05, 0.1) is 16.8 Å². The van der Waals surface area contributed by atoms with Crippen molar-refractivity contribution in [2.24, 2.45) is 17.1 Å². The maximum atomic E-state index is 6.78. The highest BCUT2D eigenvalue weighted by molar-refractivity contribution is 7.11. The van der Waals surface area contributed by atoms with Crippen molar-refractivity contribution < 1.29 is 4.74 Å². The molecule has 2 aliphatic rings. The smallest absolute Gasteiger partial charge is 0.0900 e. The predicted molar refractivity (Wildman–Crippen MR) is 86.6 cm³/mol. The Labute approximate surface area is 131 Å². The Balaban J connectivity index is 1.68. The first-order chi connectivity index (χ1) is 9.77. The summed E-state index contributed by atoms with van der Waals surface area (Å²) in [6.45, 7) is 12.5. The first-order valence-electron chi connectivity index (χ1n) is 7.85. The highest BCUT2D eigenvalue weighted by atomic mass is 32.1. The van der Waals surface area contributed by atoms with Gasteiger partial charge in [0, 0.05) is 40.9 Å². The van der Waals surface area contributed by atoms with Gasteiger partial charge in [-0.15, -0.1) is 11.3 Å². The third-order valence-electron chi connectivity index (χ3n) is 5.70. The van der Waals surface area contributed by atoms with Crippen molar-refractivity contribution in [2.75, 3.05) is 13.2 Å². The van der Waals surface area contributed by atoms with Crippen LogP contribution in [0.25, 0.3) is 0 Å². The second-order valence-corrected chi connectivity index (χ2v) is 8.47. The number of aromatic nitrogens is 1. The molecule has 1 aliphatic heterocycles. The monoisotopic (exact) mass is 309 g/mol. The van der Waals surface area contributed by atoms with Crippen LogP contribution in [0, 0.1) is 25.2 Å². The Morgan fingerprint density at radius 2 is 2.19 bits per heavy atom. The number of nitrogens with zero attached hydrogens (tertiary/aromatic N) is 1. The maximum absolute atomic E-state index is 6.78. The molecule has 4 atom stereocenters. The lowest BCUT2D eigenvalue weighted by atomic mass is 9.48. The average Bonchev–Trinajstić information content (AvgIpc) is 3.01. The van der Waals surface area contributed by atoms with Gasteiger partial charge in [0.25, 0.3) is 0 Å². The Hall–Kier alpha value is -0.490. The Morgan fingerprint density at radius 3 is 2.81 bits per heavy atom. The van der Waals surface area contributed by atoms with Crippen molar-refractivity contribution in [1.29, 1.82) is 0 Å². The van der Waals surface area contributed by atoms with E-state index in [4.69, 9.17) is 10.5 Å². The zero-order valence-electron chi connectivity index (χ0n) is 13.7. The van der Waals surface area contributed by atoms with Crippen LogP contribution in [-0.4, -0.2) is 29.8 Å². The molecule has 118 valence electrons. The van der Waals surface area contributed by atoms with Crippen LogP contribution in [0.2, 0.25) is 0 Å². The molecular formula is C16H27N3OS. The van der Waals surface area contributed by atoms with Crippen LogP contribution in [-0.2, 0) is 4.74 Å². The molecule has 1 saturated carbocycles. The average molecular weight is 309 g/mol. The molecule has 4 unspecified atom stereocenters. The van der Waals surface area contributed by atoms with Gasteiger partial charge in [0.1, 0.15) is 0 Å². The van der Waals surface area contributed by atoms with E-state index in [0.717, 1.165) is 30.3 Å². The Kier molecular flexibility index (Phi) is 3.68. The van der Waals surface area contributed by atoms with Crippen molar-refractivity contribution in [3.05, 3.63) is 15.6 Å². The van der Waals surface area contributed by atoms with Gasteiger partial charge in [-0.05, 0) is 27.2 Å². The van der Waals surface area contributed by atoms with E-state index in [2.05, 4.69) is 44.9 Å². The maximum Gasteiger partial charge on any atom is 0.0900 e. The van der Waals surface area contributed by atoms with E-state index in [1.54, 1.807) is 11.3 Å². The molecule has 2 fully saturated rings.